The van der Waals surface area contributed by atoms with E-state index in [-0.39, 0.29) is 0 Å². The van der Waals surface area contributed by atoms with Crippen LogP contribution >= 0.6 is 0 Å². The van der Waals surface area contributed by atoms with Crippen molar-refractivity contribution in [1.29, 1.82) is 0 Å². The van der Waals surface area contributed by atoms with Crippen LogP contribution in [0.15, 0.2) is 48.5 Å². The number of benzene rings is 2. The molecule has 3 nitrogen and oxygen atoms in total. The van der Waals surface area contributed by atoms with Gasteiger partial charge in [-0.3, -0.25) is 0 Å². The Labute approximate surface area is 107 Å². The highest BCUT2D eigenvalue weighted by molar-refractivity contribution is 5.40. The van der Waals surface area contributed by atoms with Crippen LogP contribution in [0.5, 0.6) is 17.2 Å². The molecule has 0 unspecified atom stereocenters. The van der Waals surface area contributed by atoms with Gasteiger partial charge in [0.1, 0.15) is 12.4 Å². The maximum absolute atomic E-state index is 5.75. The molecule has 2 aromatic carbocycles. The minimum atomic E-state index is 0.449. The number of ether oxygens (including phenoxy) is 3. The van der Waals surface area contributed by atoms with Gasteiger partial charge in [0.2, 0.25) is 0 Å². The first kappa shape index (κ1) is 12.3. The summed E-state index contributed by atoms with van der Waals surface area (Å²) in [5.41, 5.74) is 1.01. The van der Waals surface area contributed by atoms with Crippen LogP contribution in [-0.4, -0.2) is 14.2 Å². The van der Waals surface area contributed by atoms with E-state index in [4.69, 9.17) is 14.2 Å². The summed E-state index contributed by atoms with van der Waals surface area (Å²) < 4.78 is 16.3. The summed E-state index contributed by atoms with van der Waals surface area (Å²) in [6, 6.07) is 15.4. The second-order valence-electron chi connectivity index (χ2n) is 3.75. The average molecular weight is 244 g/mol. The van der Waals surface area contributed by atoms with E-state index in [9.17, 15) is 0 Å². The zero-order valence-corrected chi connectivity index (χ0v) is 10.6. The molecular formula is C15H16O3. The van der Waals surface area contributed by atoms with E-state index in [0.717, 1.165) is 22.8 Å². The number of rotatable bonds is 5. The smallest absolute Gasteiger partial charge is 0.161 e. The monoisotopic (exact) mass is 244 g/mol. The molecule has 0 amide bonds. The summed E-state index contributed by atoms with van der Waals surface area (Å²) >= 11 is 0. The topological polar surface area (TPSA) is 27.7 Å². The van der Waals surface area contributed by atoms with Crippen molar-refractivity contribution in [3.63, 3.8) is 0 Å². The van der Waals surface area contributed by atoms with Crippen molar-refractivity contribution in [2.24, 2.45) is 0 Å². The third kappa shape index (κ3) is 2.74. The highest BCUT2D eigenvalue weighted by Gasteiger charge is 2.05. The zero-order valence-electron chi connectivity index (χ0n) is 10.6. The van der Waals surface area contributed by atoms with Crippen molar-refractivity contribution in [2.45, 2.75) is 6.61 Å². The summed E-state index contributed by atoms with van der Waals surface area (Å²) in [5.74, 6) is 2.28. The molecule has 18 heavy (non-hydrogen) atoms. The van der Waals surface area contributed by atoms with Crippen LogP contribution < -0.4 is 14.2 Å². The van der Waals surface area contributed by atoms with Crippen LogP contribution in [0.3, 0.4) is 0 Å². The molecule has 0 aliphatic carbocycles. The Morgan fingerprint density at radius 2 is 1.28 bits per heavy atom. The zero-order chi connectivity index (χ0) is 12.8. The number of hydrogen-bond donors (Lipinski definition) is 0. The largest absolute Gasteiger partial charge is 0.496 e. The molecule has 0 aliphatic heterocycles. The third-order valence-corrected chi connectivity index (χ3v) is 2.64. The van der Waals surface area contributed by atoms with Crippen LogP contribution in [-0.2, 0) is 6.61 Å². The van der Waals surface area contributed by atoms with Gasteiger partial charge in [-0.1, -0.05) is 30.3 Å². The van der Waals surface area contributed by atoms with E-state index in [1.165, 1.54) is 0 Å². The second-order valence-corrected chi connectivity index (χ2v) is 3.75. The van der Waals surface area contributed by atoms with Gasteiger partial charge in [-0.05, 0) is 18.2 Å². The van der Waals surface area contributed by atoms with Gasteiger partial charge in [0.05, 0.1) is 14.2 Å². The van der Waals surface area contributed by atoms with E-state index in [1.807, 2.05) is 48.5 Å². The van der Waals surface area contributed by atoms with Crippen LogP contribution in [0.4, 0.5) is 0 Å². The van der Waals surface area contributed by atoms with Gasteiger partial charge in [-0.2, -0.15) is 0 Å². The molecule has 0 aliphatic rings. The normalized spacial score (nSPS) is 9.89. The molecule has 0 N–H and O–H groups in total. The maximum Gasteiger partial charge on any atom is 0.161 e. The molecule has 0 radical (unpaired) electrons. The highest BCUT2D eigenvalue weighted by atomic mass is 16.5. The van der Waals surface area contributed by atoms with Crippen molar-refractivity contribution in [3.05, 3.63) is 54.1 Å². The van der Waals surface area contributed by atoms with E-state index >= 15 is 0 Å². The van der Waals surface area contributed by atoms with Crippen LogP contribution in [0.1, 0.15) is 5.56 Å². The van der Waals surface area contributed by atoms with Gasteiger partial charge in [0, 0.05) is 5.56 Å². The Bertz CT molecular complexity index is 461. The summed E-state index contributed by atoms with van der Waals surface area (Å²) in [7, 11) is 3.28. The van der Waals surface area contributed by atoms with Crippen LogP contribution in [0.2, 0.25) is 0 Å². The molecule has 0 saturated carbocycles. The van der Waals surface area contributed by atoms with Gasteiger partial charge >= 0.3 is 0 Å². The fourth-order valence-corrected chi connectivity index (χ4v) is 1.72. The fourth-order valence-electron chi connectivity index (χ4n) is 1.72. The molecule has 0 aromatic heterocycles. The summed E-state index contributed by atoms with van der Waals surface area (Å²) in [6.45, 7) is 0.449. The van der Waals surface area contributed by atoms with Crippen molar-refractivity contribution < 1.29 is 14.2 Å². The van der Waals surface area contributed by atoms with Gasteiger partial charge in [0.15, 0.2) is 11.5 Å². The SMILES string of the molecule is COc1ccccc1COc1ccccc1OC. The number of hydrogen-bond acceptors (Lipinski definition) is 3. The van der Waals surface area contributed by atoms with E-state index < -0.39 is 0 Å². The maximum atomic E-state index is 5.75. The fraction of sp³-hybridized carbons (Fsp3) is 0.200. The highest BCUT2D eigenvalue weighted by Crippen LogP contribution is 2.27. The van der Waals surface area contributed by atoms with E-state index in [0.29, 0.717) is 6.61 Å². The van der Waals surface area contributed by atoms with Crippen molar-refractivity contribution >= 4 is 0 Å². The first-order valence-electron chi connectivity index (χ1n) is 5.73. The second kappa shape index (κ2) is 5.96. The first-order valence-corrected chi connectivity index (χ1v) is 5.73. The summed E-state index contributed by atoms with van der Waals surface area (Å²) in [4.78, 5) is 0. The van der Waals surface area contributed by atoms with Gasteiger partial charge in [-0.15, -0.1) is 0 Å². The number of para-hydroxylation sites is 3. The Hall–Kier alpha value is -2.16. The Morgan fingerprint density at radius 3 is 1.94 bits per heavy atom. The first-order chi connectivity index (χ1) is 8.85. The lowest BCUT2D eigenvalue weighted by atomic mass is 10.2. The van der Waals surface area contributed by atoms with Gasteiger partial charge in [0.25, 0.3) is 0 Å². The summed E-state index contributed by atoms with van der Waals surface area (Å²) in [5, 5.41) is 0. The molecule has 0 spiro atoms. The Kier molecular flexibility index (Phi) is 4.07. The molecule has 2 aromatic rings. The predicted octanol–water partition coefficient (Wildman–Crippen LogP) is 3.28. The molecule has 0 saturated heterocycles. The van der Waals surface area contributed by atoms with Crippen molar-refractivity contribution in [1.82, 2.24) is 0 Å². The minimum absolute atomic E-state index is 0.449. The standard InChI is InChI=1S/C15H16O3/c1-16-13-8-4-3-7-12(13)11-18-15-10-6-5-9-14(15)17-2/h3-10H,11H2,1-2H3. The lowest BCUT2D eigenvalue weighted by molar-refractivity contribution is 0.278. The van der Waals surface area contributed by atoms with Gasteiger partial charge in [-0.25, -0.2) is 0 Å². The number of methoxy groups -OCH3 is 2. The molecule has 0 fully saturated rings. The van der Waals surface area contributed by atoms with E-state index in [2.05, 4.69) is 0 Å². The Morgan fingerprint density at radius 1 is 0.722 bits per heavy atom. The van der Waals surface area contributed by atoms with Crippen molar-refractivity contribution in [3.8, 4) is 17.2 Å². The van der Waals surface area contributed by atoms with Crippen LogP contribution in [0.25, 0.3) is 0 Å². The van der Waals surface area contributed by atoms with Crippen molar-refractivity contribution in [2.75, 3.05) is 14.2 Å². The quantitative estimate of drug-likeness (QED) is 0.807. The molecule has 3 heteroatoms. The average Bonchev–Trinajstić information content (AvgIpc) is 2.45. The van der Waals surface area contributed by atoms with Gasteiger partial charge < -0.3 is 14.2 Å². The Balaban J connectivity index is 2.11. The summed E-state index contributed by atoms with van der Waals surface area (Å²) in [6.07, 6.45) is 0. The molecule has 0 bridgehead atoms. The van der Waals surface area contributed by atoms with E-state index in [1.54, 1.807) is 14.2 Å². The lowest BCUT2D eigenvalue weighted by Crippen LogP contribution is -1.99. The lowest BCUT2D eigenvalue weighted by Gasteiger charge is -2.12. The molecule has 0 atom stereocenters. The minimum Gasteiger partial charge on any atom is -0.496 e. The predicted molar refractivity (Wildman–Crippen MR) is 70.3 cm³/mol. The molecule has 2 rings (SSSR count). The molecular weight excluding hydrogens is 228 g/mol. The molecule has 94 valence electrons. The van der Waals surface area contributed by atoms with Crippen LogP contribution in [0, 0.1) is 0 Å². The molecule has 0 heterocycles. The third-order valence-electron chi connectivity index (χ3n) is 2.64.